The Kier molecular flexibility index (Phi) is 3.45. The molecule has 0 saturated carbocycles. The molecule has 0 aliphatic rings. The van der Waals surface area contributed by atoms with Crippen LogP contribution in [-0.2, 0) is 6.42 Å². The largest absolute Gasteiger partial charge is 0.481 e. The number of nitrogen functional groups attached to an aromatic ring is 1. The van der Waals surface area contributed by atoms with Crippen LogP contribution in [0.1, 0.15) is 19.0 Å². The average molecular weight is 182 g/mol. The number of nitrogens with two attached hydrogens (primary N) is 1. The number of ether oxygens (including phenoxy) is 1. The van der Waals surface area contributed by atoms with Crippen LogP contribution >= 0.6 is 0 Å². The smallest absolute Gasteiger partial charge is 0.240 e. The van der Waals surface area contributed by atoms with E-state index in [-0.39, 0.29) is 0 Å². The van der Waals surface area contributed by atoms with Crippen molar-refractivity contribution in [2.24, 2.45) is 5.84 Å². The van der Waals surface area contributed by atoms with Crippen LogP contribution < -0.4 is 16.0 Å². The van der Waals surface area contributed by atoms with Crippen LogP contribution in [0.25, 0.3) is 0 Å². The average Bonchev–Trinajstić information content (AvgIpc) is 2.17. The summed E-state index contributed by atoms with van der Waals surface area (Å²) in [6.45, 7) is 2.09. The first-order valence-corrected chi connectivity index (χ1v) is 4.18. The first kappa shape index (κ1) is 9.73. The predicted molar refractivity (Wildman–Crippen MR) is 50.4 cm³/mol. The van der Waals surface area contributed by atoms with Gasteiger partial charge in [-0.2, -0.15) is 4.98 Å². The lowest BCUT2D eigenvalue weighted by Crippen LogP contribution is -2.12. The lowest BCUT2D eigenvalue weighted by Gasteiger charge is -2.05. The normalized spacial score (nSPS) is 9.77. The number of hydrazine groups is 1. The molecule has 5 heteroatoms. The number of aryl methyl sites for hydroxylation is 1. The molecule has 0 saturated heterocycles. The summed E-state index contributed by atoms with van der Waals surface area (Å²) < 4.78 is 5.00. The van der Waals surface area contributed by atoms with E-state index in [0.717, 1.165) is 18.5 Å². The Labute approximate surface area is 77.3 Å². The fourth-order valence-electron chi connectivity index (χ4n) is 1.03. The lowest BCUT2D eigenvalue weighted by molar-refractivity contribution is 0.396. The van der Waals surface area contributed by atoms with Gasteiger partial charge in [0.2, 0.25) is 11.8 Å². The summed E-state index contributed by atoms with van der Waals surface area (Å²) in [7, 11) is 1.57. The van der Waals surface area contributed by atoms with Crippen LogP contribution in [0.2, 0.25) is 0 Å². The summed E-state index contributed by atoms with van der Waals surface area (Å²) >= 11 is 0. The molecule has 1 aromatic heterocycles. The van der Waals surface area contributed by atoms with Gasteiger partial charge >= 0.3 is 0 Å². The third-order valence-corrected chi connectivity index (χ3v) is 1.60. The molecule has 5 nitrogen and oxygen atoms in total. The molecule has 72 valence electrons. The van der Waals surface area contributed by atoms with Crippen LogP contribution in [0.3, 0.4) is 0 Å². The first-order valence-electron chi connectivity index (χ1n) is 4.18. The summed E-state index contributed by atoms with van der Waals surface area (Å²) in [4.78, 5) is 8.15. The minimum absolute atomic E-state index is 0.391. The van der Waals surface area contributed by atoms with Gasteiger partial charge < -0.3 is 4.74 Å². The van der Waals surface area contributed by atoms with Crippen molar-refractivity contribution in [3.05, 3.63) is 11.8 Å². The van der Waals surface area contributed by atoms with Crippen molar-refractivity contribution < 1.29 is 4.74 Å². The summed E-state index contributed by atoms with van der Waals surface area (Å²) in [5, 5.41) is 0. The number of anilines is 1. The fraction of sp³-hybridized carbons (Fsp3) is 0.500. The second kappa shape index (κ2) is 4.61. The number of aromatic nitrogens is 2. The Morgan fingerprint density at radius 2 is 2.31 bits per heavy atom. The molecule has 0 unspecified atom stereocenters. The minimum atomic E-state index is 0.391. The summed E-state index contributed by atoms with van der Waals surface area (Å²) in [5.74, 6) is 6.13. The van der Waals surface area contributed by atoms with Gasteiger partial charge in [0.05, 0.1) is 7.11 Å². The van der Waals surface area contributed by atoms with E-state index >= 15 is 0 Å². The molecule has 1 rings (SSSR count). The molecule has 0 aromatic carbocycles. The third-order valence-electron chi connectivity index (χ3n) is 1.60. The van der Waals surface area contributed by atoms with E-state index in [1.165, 1.54) is 0 Å². The van der Waals surface area contributed by atoms with Crippen LogP contribution in [0.5, 0.6) is 5.88 Å². The molecule has 1 heterocycles. The van der Waals surface area contributed by atoms with Gasteiger partial charge in [0.25, 0.3) is 0 Å². The molecule has 0 bridgehead atoms. The van der Waals surface area contributed by atoms with E-state index in [4.69, 9.17) is 10.6 Å². The number of hydrogen-bond donors (Lipinski definition) is 2. The molecule has 0 fully saturated rings. The third kappa shape index (κ3) is 2.55. The van der Waals surface area contributed by atoms with E-state index in [0.29, 0.717) is 11.8 Å². The molecule has 0 atom stereocenters. The maximum absolute atomic E-state index is 5.21. The highest BCUT2D eigenvalue weighted by Gasteiger charge is 2.02. The Morgan fingerprint density at radius 1 is 1.54 bits per heavy atom. The second-order valence-corrected chi connectivity index (χ2v) is 2.62. The molecular weight excluding hydrogens is 168 g/mol. The van der Waals surface area contributed by atoms with E-state index in [1.54, 1.807) is 7.11 Å². The van der Waals surface area contributed by atoms with Gasteiger partial charge in [-0.15, -0.1) is 0 Å². The topological polar surface area (TPSA) is 73.1 Å². The molecule has 0 radical (unpaired) electrons. The minimum Gasteiger partial charge on any atom is -0.481 e. The van der Waals surface area contributed by atoms with E-state index in [1.807, 2.05) is 6.07 Å². The monoisotopic (exact) mass is 182 g/mol. The van der Waals surface area contributed by atoms with Crippen LogP contribution in [0, 0.1) is 0 Å². The van der Waals surface area contributed by atoms with E-state index in [9.17, 15) is 0 Å². The zero-order valence-corrected chi connectivity index (χ0v) is 7.87. The number of rotatable bonds is 4. The Balaban J connectivity index is 2.93. The van der Waals surface area contributed by atoms with Gasteiger partial charge in [0, 0.05) is 11.8 Å². The van der Waals surface area contributed by atoms with Gasteiger partial charge in [0.1, 0.15) is 0 Å². The Bertz CT molecular complexity index is 255. The number of nitrogens with one attached hydrogen (secondary N) is 1. The fourth-order valence-corrected chi connectivity index (χ4v) is 1.03. The van der Waals surface area contributed by atoms with Crippen LogP contribution in [0.4, 0.5) is 5.95 Å². The van der Waals surface area contributed by atoms with Crippen molar-refractivity contribution in [2.45, 2.75) is 19.8 Å². The van der Waals surface area contributed by atoms with Gasteiger partial charge in [-0.1, -0.05) is 13.3 Å². The van der Waals surface area contributed by atoms with Crippen LogP contribution in [-0.4, -0.2) is 17.1 Å². The molecule has 3 N–H and O–H groups in total. The van der Waals surface area contributed by atoms with Crippen molar-refractivity contribution >= 4 is 5.95 Å². The molecular formula is C8H14N4O. The molecule has 0 aliphatic heterocycles. The molecule has 0 aliphatic carbocycles. The van der Waals surface area contributed by atoms with Gasteiger partial charge in [-0.3, -0.25) is 5.43 Å². The van der Waals surface area contributed by atoms with Crippen molar-refractivity contribution in [3.8, 4) is 5.88 Å². The molecule has 1 aromatic rings. The van der Waals surface area contributed by atoms with Crippen molar-refractivity contribution in [1.82, 2.24) is 9.97 Å². The van der Waals surface area contributed by atoms with Gasteiger partial charge in [-0.05, 0) is 6.42 Å². The molecule has 13 heavy (non-hydrogen) atoms. The van der Waals surface area contributed by atoms with Crippen molar-refractivity contribution in [2.75, 3.05) is 12.5 Å². The van der Waals surface area contributed by atoms with Gasteiger partial charge in [-0.25, -0.2) is 10.8 Å². The maximum Gasteiger partial charge on any atom is 0.240 e. The quantitative estimate of drug-likeness (QED) is 0.530. The van der Waals surface area contributed by atoms with Crippen molar-refractivity contribution in [1.29, 1.82) is 0 Å². The highest BCUT2D eigenvalue weighted by Crippen LogP contribution is 2.12. The van der Waals surface area contributed by atoms with E-state index in [2.05, 4.69) is 22.3 Å². The zero-order chi connectivity index (χ0) is 9.68. The first-order chi connectivity index (χ1) is 6.30. The number of methoxy groups -OCH3 is 1. The highest BCUT2D eigenvalue weighted by atomic mass is 16.5. The van der Waals surface area contributed by atoms with Crippen LogP contribution in [0.15, 0.2) is 6.07 Å². The summed E-state index contributed by atoms with van der Waals surface area (Å²) in [5.41, 5.74) is 3.33. The highest BCUT2D eigenvalue weighted by molar-refractivity contribution is 5.29. The lowest BCUT2D eigenvalue weighted by atomic mass is 10.2. The Morgan fingerprint density at radius 3 is 2.85 bits per heavy atom. The summed E-state index contributed by atoms with van der Waals surface area (Å²) in [6, 6.07) is 1.81. The van der Waals surface area contributed by atoms with Gasteiger partial charge in [0.15, 0.2) is 0 Å². The van der Waals surface area contributed by atoms with E-state index < -0.39 is 0 Å². The zero-order valence-electron chi connectivity index (χ0n) is 7.87. The Hall–Kier alpha value is -1.36. The summed E-state index contributed by atoms with van der Waals surface area (Å²) in [6.07, 6.45) is 1.93. The maximum atomic E-state index is 5.21. The van der Waals surface area contributed by atoms with Crippen molar-refractivity contribution in [3.63, 3.8) is 0 Å². The number of hydrogen-bond acceptors (Lipinski definition) is 5. The standard InChI is InChI=1S/C8H14N4O/c1-3-4-6-5-7(13-2)11-8(10-6)12-9/h5H,3-4,9H2,1-2H3,(H,10,11,12). The SMILES string of the molecule is CCCc1cc(OC)nc(NN)n1. The molecule has 0 amide bonds. The molecule has 0 spiro atoms. The second-order valence-electron chi connectivity index (χ2n) is 2.62. The predicted octanol–water partition coefficient (Wildman–Crippen LogP) is 0.723. The number of nitrogens with zero attached hydrogens (tertiary/aromatic N) is 2.